The molecule has 0 radical (unpaired) electrons. The first-order valence-electron chi connectivity index (χ1n) is 9.62. The van der Waals surface area contributed by atoms with E-state index in [1.54, 1.807) is 0 Å². The van der Waals surface area contributed by atoms with Gasteiger partial charge in [0.1, 0.15) is 11.6 Å². The zero-order chi connectivity index (χ0) is 21.3. The lowest BCUT2D eigenvalue weighted by Crippen LogP contribution is -2.21. The second-order valence-corrected chi connectivity index (χ2v) is 7.16. The minimum atomic E-state index is -0.408. The summed E-state index contributed by atoms with van der Waals surface area (Å²) in [5.41, 5.74) is 8.93. The van der Waals surface area contributed by atoms with Crippen LogP contribution in [-0.2, 0) is 13.0 Å². The van der Waals surface area contributed by atoms with E-state index in [1.807, 2.05) is 24.3 Å². The van der Waals surface area contributed by atoms with Crippen LogP contribution in [-0.4, -0.2) is 22.9 Å². The normalized spacial score (nSPS) is 15.1. The van der Waals surface area contributed by atoms with Crippen molar-refractivity contribution in [3.8, 4) is 11.3 Å². The van der Waals surface area contributed by atoms with Gasteiger partial charge in [-0.1, -0.05) is 18.2 Å². The molecule has 1 amide bonds. The molecule has 2 aromatic carbocycles. The minimum absolute atomic E-state index is 0.0603. The van der Waals surface area contributed by atoms with Crippen LogP contribution in [0.5, 0.6) is 0 Å². The average Bonchev–Trinajstić information content (AvgIpc) is 3.20. The van der Waals surface area contributed by atoms with Crippen LogP contribution in [0.2, 0.25) is 0 Å². The first-order chi connectivity index (χ1) is 14.5. The van der Waals surface area contributed by atoms with Crippen LogP contribution in [0.15, 0.2) is 42.6 Å². The van der Waals surface area contributed by atoms with E-state index in [2.05, 4.69) is 20.6 Å². The standard InChI is InChI=1S/C22H21F2N5O/c1-26-22(30)20-21(25)28-11-18(29-20)13-4-2-3-12(9-13)10-27-17-8-5-14-15(23)6-7-16(24)19(14)17/h2-4,6-7,9,11,17,27H,5,8,10H2,1H3,(H2,25,28)(H,26,30). The van der Waals surface area contributed by atoms with Gasteiger partial charge in [0.15, 0.2) is 11.5 Å². The van der Waals surface area contributed by atoms with Crippen molar-refractivity contribution in [3.63, 3.8) is 0 Å². The van der Waals surface area contributed by atoms with E-state index >= 15 is 0 Å². The van der Waals surface area contributed by atoms with Crippen LogP contribution in [0, 0.1) is 11.6 Å². The number of nitrogens with zero attached hydrogens (tertiary/aromatic N) is 2. The van der Waals surface area contributed by atoms with E-state index in [0.717, 1.165) is 11.1 Å². The third-order valence-electron chi connectivity index (χ3n) is 5.30. The summed E-state index contributed by atoms with van der Waals surface area (Å²) in [5, 5.41) is 5.81. The lowest BCUT2D eigenvalue weighted by atomic mass is 10.1. The second kappa shape index (κ2) is 8.16. The van der Waals surface area contributed by atoms with Crippen LogP contribution in [0.25, 0.3) is 11.3 Å². The van der Waals surface area contributed by atoms with Crippen LogP contribution in [0.3, 0.4) is 0 Å². The van der Waals surface area contributed by atoms with E-state index < -0.39 is 5.91 Å². The third-order valence-corrected chi connectivity index (χ3v) is 5.30. The van der Waals surface area contributed by atoms with Crippen LogP contribution in [0.4, 0.5) is 14.6 Å². The smallest absolute Gasteiger partial charge is 0.273 e. The summed E-state index contributed by atoms with van der Waals surface area (Å²) in [5.74, 6) is -1.08. The molecule has 1 aliphatic carbocycles. The van der Waals surface area contributed by atoms with Gasteiger partial charge < -0.3 is 16.4 Å². The number of amides is 1. The number of halogens is 2. The molecule has 8 heteroatoms. The maximum atomic E-state index is 14.2. The van der Waals surface area contributed by atoms with E-state index in [1.165, 1.54) is 25.4 Å². The molecule has 4 rings (SSSR count). The SMILES string of the molecule is CNC(=O)c1nc(-c2cccc(CNC3CCc4c(F)ccc(F)c43)c2)cnc1N. The fourth-order valence-electron chi connectivity index (χ4n) is 3.78. The molecule has 6 nitrogen and oxygen atoms in total. The first-order valence-corrected chi connectivity index (χ1v) is 9.62. The highest BCUT2D eigenvalue weighted by Gasteiger charge is 2.28. The Hall–Kier alpha value is -3.39. The van der Waals surface area contributed by atoms with Gasteiger partial charge in [0.2, 0.25) is 0 Å². The van der Waals surface area contributed by atoms with Crippen LogP contribution < -0.4 is 16.4 Å². The first kappa shape index (κ1) is 19.9. The Bertz CT molecular complexity index is 1120. The monoisotopic (exact) mass is 409 g/mol. The molecule has 0 bridgehead atoms. The van der Waals surface area contributed by atoms with Gasteiger partial charge in [-0.05, 0) is 42.2 Å². The van der Waals surface area contributed by atoms with Crippen molar-refractivity contribution >= 4 is 11.7 Å². The predicted molar refractivity (Wildman–Crippen MR) is 110 cm³/mol. The molecule has 0 saturated heterocycles. The maximum absolute atomic E-state index is 14.2. The summed E-state index contributed by atoms with van der Waals surface area (Å²) in [4.78, 5) is 20.3. The number of hydrogen-bond donors (Lipinski definition) is 3. The third kappa shape index (κ3) is 3.73. The van der Waals surface area contributed by atoms with E-state index in [4.69, 9.17) is 5.73 Å². The van der Waals surface area contributed by atoms with Gasteiger partial charge in [0.25, 0.3) is 5.91 Å². The van der Waals surface area contributed by atoms with Gasteiger partial charge in [0.05, 0.1) is 11.9 Å². The number of nitrogens with one attached hydrogen (secondary N) is 2. The number of carbonyl (C=O) groups is 1. The average molecular weight is 409 g/mol. The maximum Gasteiger partial charge on any atom is 0.273 e. The molecule has 30 heavy (non-hydrogen) atoms. The summed E-state index contributed by atoms with van der Waals surface area (Å²) in [6, 6.07) is 9.69. The molecular weight excluding hydrogens is 388 g/mol. The van der Waals surface area contributed by atoms with Crippen molar-refractivity contribution in [2.45, 2.75) is 25.4 Å². The number of hydrogen-bond acceptors (Lipinski definition) is 5. The van der Waals surface area contributed by atoms with Crippen molar-refractivity contribution in [3.05, 3.63) is 76.6 Å². The van der Waals surface area contributed by atoms with Crippen molar-refractivity contribution in [1.82, 2.24) is 20.6 Å². The number of carbonyl (C=O) groups excluding carboxylic acids is 1. The zero-order valence-corrected chi connectivity index (χ0v) is 16.4. The fraction of sp³-hybridized carbons (Fsp3) is 0.227. The van der Waals surface area contributed by atoms with Gasteiger partial charge in [0, 0.05) is 30.8 Å². The molecule has 1 unspecified atom stereocenters. The lowest BCUT2D eigenvalue weighted by molar-refractivity contribution is 0.0959. The van der Waals surface area contributed by atoms with Crippen molar-refractivity contribution < 1.29 is 13.6 Å². The molecule has 0 fully saturated rings. The van der Waals surface area contributed by atoms with Crippen LogP contribution in [0.1, 0.15) is 39.6 Å². The number of anilines is 1. The number of aromatic nitrogens is 2. The van der Waals surface area contributed by atoms with Crippen LogP contribution >= 0.6 is 0 Å². The molecule has 0 aliphatic heterocycles. The molecule has 1 aromatic heterocycles. The molecule has 3 aromatic rings. The summed E-state index contributed by atoms with van der Waals surface area (Å²) in [6.45, 7) is 0.471. The van der Waals surface area contributed by atoms with E-state index in [0.29, 0.717) is 36.2 Å². The molecule has 154 valence electrons. The second-order valence-electron chi connectivity index (χ2n) is 7.16. The number of nitrogen functional groups attached to an aromatic ring is 1. The number of fused-ring (bicyclic) bond motifs is 1. The Kier molecular flexibility index (Phi) is 5.41. The minimum Gasteiger partial charge on any atom is -0.382 e. The van der Waals surface area contributed by atoms with Crippen molar-refractivity contribution in [2.24, 2.45) is 0 Å². The molecule has 0 saturated carbocycles. The molecule has 4 N–H and O–H groups in total. The van der Waals surface area contributed by atoms with Gasteiger partial charge >= 0.3 is 0 Å². The Morgan fingerprint density at radius 1 is 1.23 bits per heavy atom. The van der Waals surface area contributed by atoms with E-state index in [-0.39, 0.29) is 29.2 Å². The lowest BCUT2D eigenvalue weighted by Gasteiger charge is -2.15. The number of benzene rings is 2. The molecule has 0 spiro atoms. The van der Waals surface area contributed by atoms with Gasteiger partial charge in [-0.3, -0.25) is 4.79 Å². The Labute approximate surface area is 172 Å². The summed E-state index contributed by atoms with van der Waals surface area (Å²) >= 11 is 0. The van der Waals surface area contributed by atoms with Crippen molar-refractivity contribution in [2.75, 3.05) is 12.8 Å². The number of nitrogens with two attached hydrogens (primary N) is 1. The fourth-order valence-corrected chi connectivity index (χ4v) is 3.78. The summed E-state index contributed by atoms with van der Waals surface area (Å²) in [7, 11) is 1.50. The van der Waals surface area contributed by atoms with Gasteiger partial charge in [-0.15, -0.1) is 0 Å². The molecular formula is C22H21F2N5O. The van der Waals surface area contributed by atoms with E-state index in [9.17, 15) is 13.6 Å². The number of rotatable bonds is 5. The van der Waals surface area contributed by atoms with Crippen molar-refractivity contribution in [1.29, 1.82) is 0 Å². The quantitative estimate of drug-likeness (QED) is 0.602. The largest absolute Gasteiger partial charge is 0.382 e. The molecule has 1 heterocycles. The predicted octanol–water partition coefficient (Wildman–Crippen LogP) is 3.14. The zero-order valence-electron chi connectivity index (χ0n) is 16.4. The summed E-state index contributed by atoms with van der Waals surface area (Å²) in [6.07, 6.45) is 2.67. The Balaban J connectivity index is 1.54. The Morgan fingerprint density at radius 2 is 2.03 bits per heavy atom. The summed E-state index contributed by atoms with van der Waals surface area (Å²) < 4.78 is 28.2. The molecule has 1 aliphatic rings. The molecule has 1 atom stereocenters. The topological polar surface area (TPSA) is 92.9 Å². The van der Waals surface area contributed by atoms with Gasteiger partial charge in [-0.25, -0.2) is 18.7 Å². The highest BCUT2D eigenvalue weighted by atomic mass is 19.1. The highest BCUT2D eigenvalue weighted by Crippen LogP contribution is 2.35. The highest BCUT2D eigenvalue weighted by molar-refractivity contribution is 5.96. The Morgan fingerprint density at radius 3 is 2.83 bits per heavy atom. The van der Waals surface area contributed by atoms with Gasteiger partial charge in [-0.2, -0.15) is 0 Å².